The van der Waals surface area contributed by atoms with Gasteiger partial charge in [0.05, 0.1) is 0 Å². The standard InChI is InChI=1S/C19H31N3OS.HI/c1-20-19(22(2)13-9-17-10-14-23-15-11-17)21-12-6-16-24-18-7-4-3-5-8-18;/h3-5,7-8,17H,6,9-16H2,1-2H3,(H,20,21);1H. The number of hydrogen-bond acceptors (Lipinski definition) is 3. The van der Waals surface area contributed by atoms with Crippen molar-refractivity contribution in [2.75, 3.05) is 46.2 Å². The summed E-state index contributed by atoms with van der Waals surface area (Å²) in [7, 11) is 4.00. The molecule has 1 heterocycles. The van der Waals surface area contributed by atoms with Crippen molar-refractivity contribution in [2.24, 2.45) is 10.9 Å². The molecule has 2 rings (SSSR count). The second-order valence-corrected chi connectivity index (χ2v) is 7.42. The predicted molar refractivity (Wildman–Crippen MR) is 119 cm³/mol. The van der Waals surface area contributed by atoms with Gasteiger partial charge in [0.25, 0.3) is 0 Å². The fraction of sp³-hybridized carbons (Fsp3) is 0.632. The second kappa shape index (κ2) is 13.7. The minimum atomic E-state index is 0. The highest BCUT2D eigenvalue weighted by molar-refractivity contribution is 14.0. The molecule has 0 saturated carbocycles. The first-order valence-electron chi connectivity index (χ1n) is 8.97. The van der Waals surface area contributed by atoms with Gasteiger partial charge in [0.2, 0.25) is 0 Å². The van der Waals surface area contributed by atoms with Gasteiger partial charge in [-0.25, -0.2) is 0 Å². The van der Waals surface area contributed by atoms with Gasteiger partial charge < -0.3 is 15.0 Å². The lowest BCUT2D eigenvalue weighted by Gasteiger charge is -2.26. The first-order chi connectivity index (χ1) is 11.8. The van der Waals surface area contributed by atoms with Crippen molar-refractivity contribution in [1.82, 2.24) is 10.2 Å². The summed E-state index contributed by atoms with van der Waals surface area (Å²) in [6.07, 6.45) is 4.77. The first-order valence-corrected chi connectivity index (χ1v) is 9.95. The molecule has 1 saturated heterocycles. The summed E-state index contributed by atoms with van der Waals surface area (Å²) in [6, 6.07) is 10.6. The fourth-order valence-corrected chi connectivity index (χ4v) is 3.75. The van der Waals surface area contributed by atoms with Crippen LogP contribution in [0.5, 0.6) is 0 Å². The highest BCUT2D eigenvalue weighted by Gasteiger charge is 2.15. The Morgan fingerprint density at radius 1 is 1.28 bits per heavy atom. The van der Waals surface area contributed by atoms with Crippen molar-refractivity contribution < 1.29 is 4.74 Å². The molecule has 0 amide bonds. The zero-order valence-corrected chi connectivity index (χ0v) is 18.6. The molecule has 1 aliphatic heterocycles. The Balaban J connectivity index is 0.00000312. The normalized spacial score (nSPS) is 15.5. The summed E-state index contributed by atoms with van der Waals surface area (Å²) in [5.41, 5.74) is 0. The topological polar surface area (TPSA) is 36.9 Å². The summed E-state index contributed by atoms with van der Waals surface area (Å²) in [6.45, 7) is 3.89. The number of nitrogens with zero attached hydrogens (tertiary/aromatic N) is 2. The SMILES string of the molecule is CN=C(NCCCSc1ccccc1)N(C)CCC1CCOCC1.I. The number of guanidine groups is 1. The third-order valence-electron chi connectivity index (χ3n) is 4.40. The Hall–Kier alpha value is -0.470. The summed E-state index contributed by atoms with van der Waals surface area (Å²) in [5.74, 6) is 2.94. The van der Waals surface area contributed by atoms with Crippen LogP contribution in [-0.4, -0.2) is 57.0 Å². The van der Waals surface area contributed by atoms with Crippen molar-refractivity contribution in [2.45, 2.75) is 30.6 Å². The van der Waals surface area contributed by atoms with E-state index in [1.807, 2.05) is 18.8 Å². The van der Waals surface area contributed by atoms with E-state index in [4.69, 9.17) is 4.74 Å². The number of ether oxygens (including phenoxy) is 1. The summed E-state index contributed by atoms with van der Waals surface area (Å²) in [5, 5.41) is 3.48. The van der Waals surface area contributed by atoms with Crippen molar-refractivity contribution in [1.29, 1.82) is 0 Å². The molecule has 142 valence electrons. The largest absolute Gasteiger partial charge is 0.381 e. The van der Waals surface area contributed by atoms with Crippen LogP contribution in [0.25, 0.3) is 0 Å². The van der Waals surface area contributed by atoms with E-state index >= 15 is 0 Å². The van der Waals surface area contributed by atoms with Gasteiger partial charge in [0.1, 0.15) is 0 Å². The van der Waals surface area contributed by atoms with E-state index < -0.39 is 0 Å². The number of nitrogens with one attached hydrogen (secondary N) is 1. The number of benzene rings is 1. The van der Waals surface area contributed by atoms with Gasteiger partial charge >= 0.3 is 0 Å². The van der Waals surface area contributed by atoms with E-state index in [2.05, 4.69) is 52.6 Å². The van der Waals surface area contributed by atoms with Crippen LogP contribution in [-0.2, 0) is 4.74 Å². The Morgan fingerprint density at radius 3 is 2.68 bits per heavy atom. The lowest BCUT2D eigenvalue weighted by atomic mass is 9.96. The maximum absolute atomic E-state index is 5.43. The van der Waals surface area contributed by atoms with E-state index in [9.17, 15) is 0 Å². The van der Waals surface area contributed by atoms with Gasteiger partial charge in [-0.15, -0.1) is 35.7 Å². The van der Waals surface area contributed by atoms with Gasteiger partial charge in [-0.2, -0.15) is 0 Å². The zero-order valence-electron chi connectivity index (χ0n) is 15.4. The zero-order chi connectivity index (χ0) is 17.0. The van der Waals surface area contributed by atoms with E-state index in [1.54, 1.807) is 0 Å². The lowest BCUT2D eigenvalue weighted by molar-refractivity contribution is 0.0625. The van der Waals surface area contributed by atoms with Crippen molar-refractivity contribution >= 4 is 41.7 Å². The minimum Gasteiger partial charge on any atom is -0.381 e. The molecule has 1 fully saturated rings. The molecule has 4 nitrogen and oxygen atoms in total. The van der Waals surface area contributed by atoms with Crippen LogP contribution in [0.4, 0.5) is 0 Å². The van der Waals surface area contributed by atoms with Crippen LogP contribution < -0.4 is 5.32 Å². The third-order valence-corrected chi connectivity index (χ3v) is 5.50. The second-order valence-electron chi connectivity index (χ2n) is 6.26. The Kier molecular flexibility index (Phi) is 12.4. The van der Waals surface area contributed by atoms with Crippen LogP contribution in [0.1, 0.15) is 25.7 Å². The van der Waals surface area contributed by atoms with E-state index in [-0.39, 0.29) is 24.0 Å². The van der Waals surface area contributed by atoms with E-state index in [1.165, 1.54) is 24.2 Å². The molecule has 1 aliphatic rings. The molecule has 0 atom stereocenters. The third kappa shape index (κ3) is 9.15. The van der Waals surface area contributed by atoms with E-state index in [0.717, 1.165) is 50.4 Å². The maximum Gasteiger partial charge on any atom is 0.193 e. The predicted octanol–water partition coefficient (Wildman–Crippen LogP) is 4.11. The van der Waals surface area contributed by atoms with Crippen LogP contribution in [0.15, 0.2) is 40.2 Å². The molecular formula is C19H32IN3OS. The number of rotatable bonds is 8. The summed E-state index contributed by atoms with van der Waals surface area (Å²) >= 11 is 1.91. The maximum atomic E-state index is 5.43. The Bertz CT molecular complexity index is 481. The lowest BCUT2D eigenvalue weighted by Crippen LogP contribution is -2.40. The molecule has 0 radical (unpaired) electrons. The van der Waals surface area contributed by atoms with Crippen LogP contribution >= 0.6 is 35.7 Å². The first kappa shape index (κ1) is 22.6. The van der Waals surface area contributed by atoms with Gasteiger partial charge in [0, 0.05) is 45.3 Å². The molecule has 1 N–H and O–H groups in total. The number of thioether (sulfide) groups is 1. The monoisotopic (exact) mass is 477 g/mol. The number of hydrogen-bond donors (Lipinski definition) is 1. The van der Waals surface area contributed by atoms with E-state index in [0.29, 0.717) is 0 Å². The highest BCUT2D eigenvalue weighted by Crippen LogP contribution is 2.19. The van der Waals surface area contributed by atoms with Crippen molar-refractivity contribution in [3.05, 3.63) is 30.3 Å². The van der Waals surface area contributed by atoms with Gasteiger partial charge in [-0.1, -0.05) is 18.2 Å². The Morgan fingerprint density at radius 2 is 2.00 bits per heavy atom. The van der Waals surface area contributed by atoms with Crippen molar-refractivity contribution in [3.63, 3.8) is 0 Å². The van der Waals surface area contributed by atoms with Crippen LogP contribution in [0.2, 0.25) is 0 Å². The van der Waals surface area contributed by atoms with Gasteiger partial charge in [-0.3, -0.25) is 4.99 Å². The molecular weight excluding hydrogens is 445 g/mol. The molecule has 1 aromatic carbocycles. The van der Waals surface area contributed by atoms with Gasteiger partial charge in [-0.05, 0) is 49.5 Å². The quantitative estimate of drug-likeness (QED) is 0.201. The smallest absolute Gasteiger partial charge is 0.193 e. The number of halogens is 1. The molecule has 1 aromatic rings. The highest BCUT2D eigenvalue weighted by atomic mass is 127. The summed E-state index contributed by atoms with van der Waals surface area (Å²) < 4.78 is 5.43. The molecule has 0 unspecified atom stereocenters. The average Bonchev–Trinajstić information content (AvgIpc) is 2.64. The average molecular weight is 477 g/mol. The molecule has 25 heavy (non-hydrogen) atoms. The van der Waals surface area contributed by atoms with Crippen LogP contribution in [0, 0.1) is 5.92 Å². The minimum absolute atomic E-state index is 0. The molecule has 6 heteroatoms. The molecule has 0 spiro atoms. The van der Waals surface area contributed by atoms with Gasteiger partial charge in [0.15, 0.2) is 5.96 Å². The number of aliphatic imine (C=N–C) groups is 1. The molecule has 0 aromatic heterocycles. The summed E-state index contributed by atoms with van der Waals surface area (Å²) in [4.78, 5) is 8.00. The molecule has 0 bridgehead atoms. The van der Waals surface area contributed by atoms with Crippen LogP contribution in [0.3, 0.4) is 0 Å². The van der Waals surface area contributed by atoms with Crippen molar-refractivity contribution in [3.8, 4) is 0 Å². The molecule has 0 aliphatic carbocycles. The fourth-order valence-electron chi connectivity index (χ4n) is 2.88. The Labute approximate surface area is 174 Å².